The van der Waals surface area contributed by atoms with E-state index in [0.29, 0.717) is 5.52 Å². The van der Waals surface area contributed by atoms with Crippen LogP contribution in [-0.2, 0) is 6.18 Å². The van der Waals surface area contributed by atoms with Gasteiger partial charge in [-0.15, -0.1) is 11.3 Å². The summed E-state index contributed by atoms with van der Waals surface area (Å²) in [4.78, 5) is 21.0. The van der Waals surface area contributed by atoms with Crippen molar-refractivity contribution in [1.82, 2.24) is 9.97 Å². The smallest absolute Gasteiger partial charge is 0.307 e. The van der Waals surface area contributed by atoms with Crippen molar-refractivity contribution >= 4 is 60.0 Å². The Bertz CT molecular complexity index is 1170. The minimum atomic E-state index is -4.56. The summed E-state index contributed by atoms with van der Waals surface area (Å²) >= 11 is 2.78. The van der Waals surface area contributed by atoms with Crippen molar-refractivity contribution in [2.75, 3.05) is 10.6 Å². The molecule has 0 spiro atoms. The number of para-hydroxylation sites is 1. The van der Waals surface area contributed by atoms with Crippen molar-refractivity contribution in [2.24, 2.45) is 0 Å². The monoisotopic (exact) mass is 408 g/mol. The number of hydrogen-bond acceptors (Lipinski definition) is 5. The second-order valence-corrected chi connectivity index (χ2v) is 7.87. The van der Waals surface area contributed by atoms with Crippen molar-refractivity contribution in [3.05, 3.63) is 47.0 Å². The van der Waals surface area contributed by atoms with E-state index in [0.717, 1.165) is 26.0 Å². The van der Waals surface area contributed by atoms with Gasteiger partial charge in [0.15, 0.2) is 5.13 Å². The second kappa shape index (κ2) is 6.46. The summed E-state index contributed by atoms with van der Waals surface area (Å²) in [6.07, 6.45) is -4.56. The number of halogens is 3. The van der Waals surface area contributed by atoms with E-state index in [2.05, 4.69) is 20.6 Å². The van der Waals surface area contributed by atoms with E-state index in [4.69, 9.17) is 0 Å². The third-order valence-corrected chi connectivity index (χ3v) is 5.65. The largest absolute Gasteiger partial charge is 0.418 e. The van der Waals surface area contributed by atoms with E-state index in [9.17, 15) is 18.0 Å². The summed E-state index contributed by atoms with van der Waals surface area (Å²) in [6.45, 7) is 1.90. The Hall–Kier alpha value is -2.72. The van der Waals surface area contributed by atoms with Crippen LogP contribution in [0.25, 0.3) is 20.4 Å². The van der Waals surface area contributed by atoms with Crippen LogP contribution in [0.1, 0.15) is 10.6 Å². The van der Waals surface area contributed by atoms with Gasteiger partial charge in [0.2, 0.25) is 0 Å². The van der Waals surface area contributed by atoms with Gasteiger partial charge in [0.1, 0.15) is 5.52 Å². The molecule has 138 valence electrons. The van der Waals surface area contributed by atoms with E-state index in [1.807, 2.05) is 19.1 Å². The second-order valence-electron chi connectivity index (χ2n) is 5.63. The lowest BCUT2D eigenvalue weighted by Gasteiger charge is -2.13. The zero-order valence-corrected chi connectivity index (χ0v) is 15.4. The fourth-order valence-corrected chi connectivity index (χ4v) is 4.48. The van der Waals surface area contributed by atoms with Gasteiger partial charge < -0.3 is 5.32 Å². The number of carbonyl (C=O) groups excluding carboxylic acids is 1. The first-order valence-corrected chi connectivity index (χ1v) is 9.35. The number of hydrogen-bond donors (Lipinski definition) is 2. The Morgan fingerprint density at radius 3 is 2.59 bits per heavy atom. The quantitative estimate of drug-likeness (QED) is 0.435. The highest BCUT2D eigenvalue weighted by molar-refractivity contribution is 7.24. The van der Waals surface area contributed by atoms with Crippen LogP contribution in [0.2, 0.25) is 0 Å². The molecule has 10 heteroatoms. The minimum Gasteiger partial charge on any atom is -0.307 e. The zero-order chi connectivity index (χ0) is 19.2. The number of aryl methyl sites for hydroxylation is 1. The average Bonchev–Trinajstić information content (AvgIpc) is 3.16. The number of nitrogens with zero attached hydrogens (tertiary/aromatic N) is 2. The highest BCUT2D eigenvalue weighted by atomic mass is 32.1. The van der Waals surface area contributed by atoms with Crippen LogP contribution in [0.5, 0.6) is 0 Å². The Morgan fingerprint density at radius 1 is 1.04 bits per heavy atom. The number of carbonyl (C=O) groups is 1. The summed E-state index contributed by atoms with van der Waals surface area (Å²) in [6, 6.07) is 7.73. The summed E-state index contributed by atoms with van der Waals surface area (Å²) in [7, 11) is 0. The molecule has 0 aliphatic heterocycles. The summed E-state index contributed by atoms with van der Waals surface area (Å²) in [5.74, 6) is 0. The van der Waals surface area contributed by atoms with Crippen LogP contribution in [0, 0.1) is 6.92 Å². The first-order valence-electron chi connectivity index (χ1n) is 7.72. The number of aromatic nitrogens is 2. The van der Waals surface area contributed by atoms with Gasteiger partial charge in [-0.25, -0.2) is 14.8 Å². The molecule has 0 unspecified atom stereocenters. The van der Waals surface area contributed by atoms with Crippen molar-refractivity contribution in [2.45, 2.75) is 13.1 Å². The van der Waals surface area contributed by atoms with Crippen molar-refractivity contribution in [3.8, 4) is 0 Å². The van der Waals surface area contributed by atoms with Crippen molar-refractivity contribution in [1.29, 1.82) is 0 Å². The van der Waals surface area contributed by atoms with Crippen molar-refractivity contribution < 1.29 is 18.0 Å². The van der Waals surface area contributed by atoms with Crippen LogP contribution in [0.4, 0.5) is 28.8 Å². The molecule has 0 atom stereocenters. The Kier molecular flexibility index (Phi) is 4.23. The highest BCUT2D eigenvalue weighted by Crippen LogP contribution is 2.36. The lowest BCUT2D eigenvalue weighted by atomic mass is 10.1. The van der Waals surface area contributed by atoms with E-state index in [-0.39, 0.29) is 10.8 Å². The zero-order valence-electron chi connectivity index (χ0n) is 13.7. The summed E-state index contributed by atoms with van der Waals surface area (Å²) < 4.78 is 40.9. The molecule has 4 rings (SSSR count). The maximum Gasteiger partial charge on any atom is 0.418 e. The molecule has 4 aromatic rings. The van der Waals surface area contributed by atoms with Gasteiger partial charge in [0.05, 0.1) is 31.2 Å². The molecule has 2 amide bonds. The van der Waals surface area contributed by atoms with Gasteiger partial charge in [0.25, 0.3) is 0 Å². The third kappa shape index (κ3) is 3.45. The number of rotatable bonds is 2. The topological polar surface area (TPSA) is 66.9 Å². The molecule has 2 heterocycles. The molecule has 5 nitrogen and oxygen atoms in total. The molecule has 0 bridgehead atoms. The highest BCUT2D eigenvalue weighted by Gasteiger charge is 2.33. The Morgan fingerprint density at radius 2 is 1.81 bits per heavy atom. The molecule has 0 radical (unpaired) electrons. The van der Waals surface area contributed by atoms with Crippen LogP contribution < -0.4 is 10.6 Å². The fourth-order valence-electron chi connectivity index (χ4n) is 2.63. The van der Waals surface area contributed by atoms with Crippen LogP contribution in [-0.4, -0.2) is 16.0 Å². The maximum atomic E-state index is 13.0. The van der Waals surface area contributed by atoms with E-state index in [1.54, 1.807) is 11.3 Å². The van der Waals surface area contributed by atoms with Crippen molar-refractivity contribution in [3.63, 3.8) is 0 Å². The van der Waals surface area contributed by atoms with Gasteiger partial charge in [-0.2, -0.15) is 13.2 Å². The number of anilines is 2. The number of amides is 2. The SMILES string of the molecule is Cc1nc2c(ccc3nc(NC(=O)Nc4ccccc4C(F)(F)F)sc32)s1. The van der Waals surface area contributed by atoms with Gasteiger partial charge in [0, 0.05) is 0 Å². The fraction of sp³-hybridized carbons (Fsp3) is 0.118. The lowest BCUT2D eigenvalue weighted by molar-refractivity contribution is -0.136. The van der Waals surface area contributed by atoms with Gasteiger partial charge in [-0.1, -0.05) is 23.5 Å². The molecule has 2 aromatic carbocycles. The molecular formula is C17H11F3N4OS2. The molecule has 27 heavy (non-hydrogen) atoms. The average molecular weight is 408 g/mol. The van der Waals surface area contributed by atoms with Crippen LogP contribution in [0.15, 0.2) is 36.4 Å². The predicted molar refractivity (Wildman–Crippen MR) is 102 cm³/mol. The van der Waals surface area contributed by atoms with Gasteiger partial charge in [-0.3, -0.25) is 5.32 Å². The molecule has 0 aliphatic carbocycles. The third-order valence-electron chi connectivity index (χ3n) is 3.72. The number of nitrogens with one attached hydrogen (secondary N) is 2. The first-order chi connectivity index (χ1) is 12.8. The van der Waals surface area contributed by atoms with Gasteiger partial charge >= 0.3 is 12.2 Å². The molecule has 2 aromatic heterocycles. The number of alkyl halides is 3. The molecule has 0 fully saturated rings. The summed E-state index contributed by atoms with van der Waals surface area (Å²) in [5, 5.41) is 5.93. The first kappa shape index (κ1) is 17.7. The molecule has 0 saturated carbocycles. The maximum absolute atomic E-state index is 13.0. The number of urea groups is 1. The predicted octanol–water partition coefficient (Wildman–Crippen LogP) is 5.88. The van der Waals surface area contributed by atoms with E-state index < -0.39 is 17.8 Å². The summed E-state index contributed by atoms with van der Waals surface area (Å²) in [5.41, 5.74) is 0.248. The minimum absolute atomic E-state index is 0.283. The molecular weight excluding hydrogens is 397 g/mol. The Labute approximate surface area is 158 Å². The number of thiazole rings is 2. The van der Waals surface area contributed by atoms with Crippen LogP contribution >= 0.6 is 22.7 Å². The van der Waals surface area contributed by atoms with Gasteiger partial charge in [-0.05, 0) is 31.2 Å². The molecule has 0 aliphatic rings. The van der Waals surface area contributed by atoms with Crippen LogP contribution in [0.3, 0.4) is 0 Å². The number of benzene rings is 2. The standard InChI is InChI=1S/C17H11F3N4OS2/c1-8-21-13-12(26-8)7-6-11-14(13)27-16(23-11)24-15(25)22-10-5-3-2-4-9(10)17(18,19)20/h2-7H,1H3,(H2,22,23,24,25). The van der Waals surface area contributed by atoms with E-state index >= 15 is 0 Å². The molecule has 2 N–H and O–H groups in total. The lowest BCUT2D eigenvalue weighted by Crippen LogP contribution is -2.21. The normalized spacial score (nSPS) is 11.9. The Balaban J connectivity index is 1.60. The van der Waals surface area contributed by atoms with E-state index in [1.165, 1.54) is 29.5 Å². The number of fused-ring (bicyclic) bond motifs is 3. The molecule has 0 saturated heterocycles.